The number of imidazole rings is 1. The van der Waals surface area contributed by atoms with Gasteiger partial charge in [-0.2, -0.15) is 0 Å². The van der Waals surface area contributed by atoms with Crippen LogP contribution in [-0.4, -0.2) is 14.5 Å². The molecule has 0 bridgehead atoms. The Morgan fingerprint density at radius 1 is 1.35 bits per heavy atom. The number of aryl methyl sites for hydroxylation is 1. The van der Waals surface area contributed by atoms with Gasteiger partial charge in [-0.25, -0.2) is 9.97 Å². The number of hydrogen-bond donors (Lipinski definition) is 1. The summed E-state index contributed by atoms with van der Waals surface area (Å²) < 4.78 is 2.02. The van der Waals surface area contributed by atoms with E-state index >= 15 is 0 Å². The fourth-order valence-electron chi connectivity index (χ4n) is 1.80. The molecule has 0 spiro atoms. The second-order valence-electron chi connectivity index (χ2n) is 4.20. The number of aromatic nitrogens is 3. The van der Waals surface area contributed by atoms with Gasteiger partial charge in [-0.15, -0.1) is 0 Å². The molecule has 0 saturated heterocycles. The van der Waals surface area contributed by atoms with Crippen molar-refractivity contribution in [3.05, 3.63) is 42.1 Å². The van der Waals surface area contributed by atoms with E-state index in [4.69, 9.17) is 5.73 Å². The van der Waals surface area contributed by atoms with Crippen LogP contribution in [0.15, 0.2) is 30.7 Å². The average Bonchev–Trinajstić information content (AvgIpc) is 2.78. The molecule has 0 aromatic carbocycles. The van der Waals surface area contributed by atoms with Crippen LogP contribution in [0.2, 0.25) is 0 Å². The quantitative estimate of drug-likeness (QED) is 0.876. The molecule has 1 atom stereocenters. The Bertz CT molecular complexity index is 488. The van der Waals surface area contributed by atoms with E-state index in [1.165, 1.54) is 0 Å². The predicted octanol–water partition coefficient (Wildman–Crippen LogP) is 2.24. The lowest BCUT2D eigenvalue weighted by Crippen LogP contribution is -2.08. The van der Waals surface area contributed by atoms with Crippen molar-refractivity contribution in [2.24, 2.45) is 5.73 Å². The van der Waals surface area contributed by atoms with Gasteiger partial charge in [0.15, 0.2) is 0 Å². The molecule has 0 amide bonds. The molecule has 0 saturated carbocycles. The van der Waals surface area contributed by atoms with Crippen LogP contribution in [0, 0.1) is 0 Å². The largest absolute Gasteiger partial charge is 0.324 e. The van der Waals surface area contributed by atoms with E-state index < -0.39 is 0 Å². The third-order valence-electron chi connectivity index (χ3n) is 2.73. The summed E-state index contributed by atoms with van der Waals surface area (Å²) in [5, 5.41) is 0. The van der Waals surface area contributed by atoms with E-state index in [0.29, 0.717) is 0 Å². The molecular weight excluding hydrogens is 212 g/mol. The third kappa shape index (κ3) is 2.53. The van der Waals surface area contributed by atoms with Crippen LogP contribution in [0.25, 0.3) is 5.82 Å². The van der Waals surface area contributed by atoms with Crippen LogP contribution >= 0.6 is 0 Å². The average molecular weight is 230 g/mol. The van der Waals surface area contributed by atoms with E-state index in [-0.39, 0.29) is 6.04 Å². The van der Waals surface area contributed by atoms with Gasteiger partial charge in [0.05, 0.1) is 0 Å². The van der Waals surface area contributed by atoms with Crippen molar-refractivity contribution >= 4 is 0 Å². The number of nitrogens with two attached hydrogens (primary N) is 1. The molecule has 2 heterocycles. The SMILES string of the molecule is CCCc1nccn1-c1cc([C@@H](C)N)ccn1. The highest BCUT2D eigenvalue weighted by atomic mass is 15.1. The summed E-state index contributed by atoms with van der Waals surface area (Å²) in [5.41, 5.74) is 6.97. The molecule has 0 aliphatic rings. The molecule has 2 N–H and O–H groups in total. The van der Waals surface area contributed by atoms with Gasteiger partial charge in [-0.1, -0.05) is 6.92 Å². The topological polar surface area (TPSA) is 56.7 Å². The Morgan fingerprint density at radius 3 is 2.88 bits per heavy atom. The zero-order valence-corrected chi connectivity index (χ0v) is 10.3. The monoisotopic (exact) mass is 230 g/mol. The second-order valence-corrected chi connectivity index (χ2v) is 4.20. The van der Waals surface area contributed by atoms with Crippen molar-refractivity contribution in [3.63, 3.8) is 0 Å². The zero-order chi connectivity index (χ0) is 12.3. The fraction of sp³-hybridized carbons (Fsp3) is 0.385. The summed E-state index contributed by atoms with van der Waals surface area (Å²) in [7, 11) is 0. The summed E-state index contributed by atoms with van der Waals surface area (Å²) in [5.74, 6) is 1.93. The zero-order valence-electron chi connectivity index (χ0n) is 10.3. The van der Waals surface area contributed by atoms with Gasteiger partial charge < -0.3 is 5.73 Å². The maximum absolute atomic E-state index is 5.88. The van der Waals surface area contributed by atoms with E-state index in [9.17, 15) is 0 Å². The standard InChI is InChI=1S/C13H18N4/c1-3-4-12-16-7-8-17(12)13-9-11(10(2)14)5-6-15-13/h5-10H,3-4,14H2,1-2H3/t10-/m1/s1. The molecule has 2 aromatic heterocycles. The van der Waals surface area contributed by atoms with Gasteiger partial charge in [0.2, 0.25) is 0 Å². The van der Waals surface area contributed by atoms with Crippen molar-refractivity contribution in [2.75, 3.05) is 0 Å². The second kappa shape index (κ2) is 5.10. The highest BCUT2D eigenvalue weighted by Crippen LogP contribution is 2.14. The van der Waals surface area contributed by atoms with Gasteiger partial charge in [-0.3, -0.25) is 4.57 Å². The lowest BCUT2D eigenvalue weighted by molar-refractivity contribution is 0.784. The van der Waals surface area contributed by atoms with Gasteiger partial charge >= 0.3 is 0 Å². The first kappa shape index (κ1) is 11.8. The first-order chi connectivity index (χ1) is 8.22. The van der Waals surface area contributed by atoms with Crippen molar-refractivity contribution in [3.8, 4) is 5.82 Å². The maximum Gasteiger partial charge on any atom is 0.138 e. The Labute approximate surface area is 102 Å². The fourth-order valence-corrected chi connectivity index (χ4v) is 1.80. The minimum Gasteiger partial charge on any atom is -0.324 e. The minimum absolute atomic E-state index is 0.0231. The number of pyridine rings is 1. The predicted molar refractivity (Wildman–Crippen MR) is 68.0 cm³/mol. The van der Waals surface area contributed by atoms with E-state index in [0.717, 1.165) is 30.0 Å². The van der Waals surface area contributed by atoms with Gasteiger partial charge in [0.25, 0.3) is 0 Å². The van der Waals surface area contributed by atoms with Gasteiger partial charge in [0, 0.05) is 31.1 Å². The summed E-state index contributed by atoms with van der Waals surface area (Å²) in [4.78, 5) is 8.72. The van der Waals surface area contributed by atoms with Crippen molar-refractivity contribution < 1.29 is 0 Å². The van der Waals surface area contributed by atoms with Crippen LogP contribution in [0.3, 0.4) is 0 Å². The molecule has 4 nitrogen and oxygen atoms in total. The highest BCUT2D eigenvalue weighted by molar-refractivity contribution is 5.30. The number of rotatable bonds is 4. The molecule has 0 radical (unpaired) electrons. The van der Waals surface area contributed by atoms with Crippen molar-refractivity contribution in [1.29, 1.82) is 0 Å². The molecule has 0 fully saturated rings. The van der Waals surface area contributed by atoms with E-state index in [2.05, 4.69) is 16.9 Å². The molecule has 0 unspecified atom stereocenters. The van der Waals surface area contributed by atoms with Gasteiger partial charge in [0.1, 0.15) is 11.6 Å². The van der Waals surface area contributed by atoms with Crippen LogP contribution in [0.4, 0.5) is 0 Å². The van der Waals surface area contributed by atoms with E-state index in [1.807, 2.05) is 36.0 Å². The maximum atomic E-state index is 5.88. The number of hydrogen-bond acceptors (Lipinski definition) is 3. The molecule has 2 rings (SSSR count). The molecular formula is C13H18N4. The lowest BCUT2D eigenvalue weighted by Gasteiger charge is -2.10. The lowest BCUT2D eigenvalue weighted by atomic mass is 10.1. The normalized spacial score (nSPS) is 12.6. The van der Waals surface area contributed by atoms with Crippen LogP contribution in [0.1, 0.15) is 37.7 Å². The minimum atomic E-state index is 0.0231. The molecule has 0 aliphatic carbocycles. The molecule has 90 valence electrons. The number of nitrogens with zero attached hydrogens (tertiary/aromatic N) is 3. The van der Waals surface area contributed by atoms with Crippen LogP contribution in [-0.2, 0) is 6.42 Å². The molecule has 2 aromatic rings. The summed E-state index contributed by atoms with van der Waals surface area (Å²) in [6, 6.07) is 3.99. The van der Waals surface area contributed by atoms with Crippen molar-refractivity contribution in [1.82, 2.24) is 14.5 Å². The van der Waals surface area contributed by atoms with Gasteiger partial charge in [-0.05, 0) is 31.0 Å². The molecule has 17 heavy (non-hydrogen) atoms. The first-order valence-corrected chi connectivity index (χ1v) is 5.96. The third-order valence-corrected chi connectivity index (χ3v) is 2.73. The van der Waals surface area contributed by atoms with E-state index in [1.54, 1.807) is 6.20 Å². The molecule has 0 aliphatic heterocycles. The summed E-state index contributed by atoms with van der Waals surface area (Å²) in [6.45, 7) is 4.12. The smallest absolute Gasteiger partial charge is 0.138 e. The van der Waals surface area contributed by atoms with Crippen LogP contribution < -0.4 is 5.73 Å². The molecule has 4 heteroatoms. The Hall–Kier alpha value is -1.68. The highest BCUT2D eigenvalue weighted by Gasteiger charge is 2.07. The van der Waals surface area contributed by atoms with Crippen LogP contribution in [0.5, 0.6) is 0 Å². The Balaban J connectivity index is 2.38. The first-order valence-electron chi connectivity index (χ1n) is 5.96. The van der Waals surface area contributed by atoms with Crippen molar-refractivity contribution in [2.45, 2.75) is 32.7 Å². The summed E-state index contributed by atoms with van der Waals surface area (Å²) in [6.07, 6.45) is 7.58. The summed E-state index contributed by atoms with van der Waals surface area (Å²) >= 11 is 0. The Kier molecular flexibility index (Phi) is 3.54. The Morgan fingerprint density at radius 2 is 2.18 bits per heavy atom.